The third-order valence-electron chi connectivity index (χ3n) is 23.6. The summed E-state index contributed by atoms with van der Waals surface area (Å²) in [6.07, 6.45) is -1.41. The van der Waals surface area contributed by atoms with Crippen molar-refractivity contribution in [2.45, 2.75) is 269 Å². The van der Waals surface area contributed by atoms with Gasteiger partial charge in [0.15, 0.2) is 0 Å². The zero-order valence-electron chi connectivity index (χ0n) is 65.6. The molecule has 12 atom stereocenters. The summed E-state index contributed by atoms with van der Waals surface area (Å²) in [7, 11) is 11.3. The van der Waals surface area contributed by atoms with Crippen LogP contribution in [-0.4, -0.2) is 283 Å². The van der Waals surface area contributed by atoms with Gasteiger partial charge >= 0.3 is 0 Å². The van der Waals surface area contributed by atoms with Crippen LogP contribution in [0.4, 0.5) is 17.6 Å². The van der Waals surface area contributed by atoms with E-state index in [-0.39, 0.29) is 77.0 Å². The molecule has 3 saturated carbocycles. The van der Waals surface area contributed by atoms with Crippen molar-refractivity contribution in [3.05, 3.63) is 12.2 Å². The largest absolute Gasteiger partial charge is 0.377 e. The summed E-state index contributed by atoms with van der Waals surface area (Å²) in [5.74, 6) is -12.0. The van der Waals surface area contributed by atoms with Gasteiger partial charge in [0.25, 0.3) is 0 Å². The number of carbonyl (C=O) groups is 12. The SMILES string of the molecule is CCC[C@H]1C(=O)N[C@H]([C@@H](C)CC)C(=O)N(C)CC(=O)N(C)[C@H]2C/C=C\CCN(C2=O)[C@@H](CC2CCC(C)CC2)C(=O)N(C)CC(=O)N[C@@H](CCC2CC(F)C(C(F)F)C(F)C2)C(=O)N2C[C@H](OCC)C[C@H]2C(=O)NC2(CC(C)(C)C2)C(=O)N(C)[C@@H](C(CC)CC)C(=O)N(C)[C@H](C(=O)N(C)C)CC(=O)N1C. The summed E-state index contributed by atoms with van der Waals surface area (Å²) in [5.41, 5.74) is -2.26. The molecule has 0 radical (unpaired) electrons. The molecule has 2 unspecified atom stereocenters. The topological polar surface area (TPSA) is 279 Å². The van der Waals surface area contributed by atoms with E-state index >= 15 is 37.5 Å². The highest BCUT2D eigenvalue weighted by Crippen LogP contribution is 2.50. The number of nitrogens with zero attached hydrogens (tertiary/aromatic N) is 9. The van der Waals surface area contributed by atoms with Gasteiger partial charge in [0.1, 0.15) is 66.2 Å². The van der Waals surface area contributed by atoms with Gasteiger partial charge in [-0.1, -0.05) is 119 Å². The highest BCUT2D eigenvalue weighted by Gasteiger charge is 2.59. The monoisotopic (exact) mass is 1490 g/mol. The van der Waals surface area contributed by atoms with E-state index in [0.717, 1.165) is 40.4 Å². The Morgan fingerprint density at radius 3 is 1.84 bits per heavy atom. The number of carbonyl (C=O) groups excluding carboxylic acids is 12. The van der Waals surface area contributed by atoms with Crippen LogP contribution in [0.2, 0.25) is 0 Å². The van der Waals surface area contributed by atoms with Crippen molar-refractivity contribution in [2.75, 3.05) is 89.2 Å². The predicted molar refractivity (Wildman–Crippen MR) is 387 cm³/mol. The first-order valence-electron chi connectivity index (χ1n) is 38.4. The van der Waals surface area contributed by atoms with Gasteiger partial charge in [-0.3, -0.25) is 57.5 Å². The maximum Gasteiger partial charge on any atom is 0.248 e. The zero-order chi connectivity index (χ0) is 78.4. The third-order valence-corrected chi connectivity index (χ3v) is 23.6. The van der Waals surface area contributed by atoms with Crippen molar-refractivity contribution in [3.8, 4) is 0 Å². The Bertz CT molecular complexity index is 3080. The molecule has 3 heterocycles. The molecule has 0 aromatic heterocycles. The van der Waals surface area contributed by atoms with Gasteiger partial charge in [-0.05, 0) is 106 Å². The first kappa shape index (κ1) is 87.0. The van der Waals surface area contributed by atoms with Crippen LogP contribution in [0.1, 0.15) is 191 Å². The molecule has 3 aliphatic heterocycles. The second-order valence-electron chi connectivity index (χ2n) is 32.2. The van der Waals surface area contributed by atoms with Crippen molar-refractivity contribution >= 4 is 70.9 Å². The number of nitrogens with one attached hydrogen (secondary N) is 3. The average Bonchev–Trinajstić information content (AvgIpc) is 1.19. The van der Waals surface area contributed by atoms with Gasteiger partial charge in [-0.15, -0.1) is 0 Å². The predicted octanol–water partition coefficient (Wildman–Crippen LogP) is 6.15. The first-order chi connectivity index (χ1) is 49.3. The Balaban J connectivity index is 1.49. The maximum atomic E-state index is 15.8. The van der Waals surface area contributed by atoms with E-state index in [1.165, 1.54) is 85.8 Å². The van der Waals surface area contributed by atoms with E-state index in [1.807, 2.05) is 47.6 Å². The summed E-state index contributed by atoms with van der Waals surface area (Å²) in [6, 6.07) is -10.5. The number of fused-ring (bicyclic) bond motifs is 3. The number of hydrogen-bond donors (Lipinski definition) is 3. The van der Waals surface area contributed by atoms with Crippen LogP contribution in [-0.2, 0) is 62.3 Å². The molecule has 12 amide bonds. The summed E-state index contributed by atoms with van der Waals surface area (Å²) in [6.45, 7) is 15.5. The number of ether oxygens (including phenoxy) is 1. The molecule has 594 valence electrons. The molecule has 1 spiro atoms. The average molecular weight is 1490 g/mol. The van der Waals surface area contributed by atoms with E-state index in [4.69, 9.17) is 4.74 Å². The number of rotatable bonds is 16. The zero-order valence-corrected chi connectivity index (χ0v) is 65.6. The van der Waals surface area contributed by atoms with Crippen LogP contribution in [0.5, 0.6) is 0 Å². The maximum absolute atomic E-state index is 15.8. The van der Waals surface area contributed by atoms with E-state index < -0.39 is 211 Å². The lowest BCUT2D eigenvalue weighted by molar-refractivity contribution is -0.161. The van der Waals surface area contributed by atoms with Crippen LogP contribution < -0.4 is 16.0 Å². The van der Waals surface area contributed by atoms with E-state index in [2.05, 4.69) is 22.9 Å². The number of hydrogen-bond acceptors (Lipinski definition) is 13. The van der Waals surface area contributed by atoms with Crippen LogP contribution in [0, 0.1) is 40.9 Å². The van der Waals surface area contributed by atoms with Gasteiger partial charge in [0.05, 0.1) is 31.5 Å². The molecule has 29 heteroatoms. The lowest BCUT2D eigenvalue weighted by Crippen LogP contribution is -2.71. The van der Waals surface area contributed by atoms with Crippen molar-refractivity contribution in [2.24, 2.45) is 40.9 Å². The molecular weight excluding hydrogens is 1360 g/mol. The Morgan fingerprint density at radius 2 is 1.28 bits per heavy atom. The molecule has 3 aliphatic carbocycles. The molecule has 6 aliphatic rings. The second kappa shape index (κ2) is 38.2. The van der Waals surface area contributed by atoms with Crippen LogP contribution in [0.3, 0.4) is 0 Å². The van der Waals surface area contributed by atoms with Crippen LogP contribution >= 0.6 is 0 Å². The summed E-state index contributed by atoms with van der Waals surface area (Å²) >= 11 is 0. The van der Waals surface area contributed by atoms with Crippen molar-refractivity contribution in [1.29, 1.82) is 0 Å². The Hall–Kier alpha value is -6.94. The fourth-order valence-electron chi connectivity index (χ4n) is 17.1. The van der Waals surface area contributed by atoms with Gasteiger partial charge in [0.2, 0.25) is 77.3 Å². The second-order valence-corrected chi connectivity index (χ2v) is 32.2. The lowest BCUT2D eigenvalue weighted by Gasteiger charge is -2.54. The molecule has 2 bridgehead atoms. The van der Waals surface area contributed by atoms with Gasteiger partial charge in [0, 0.05) is 82.5 Å². The third kappa shape index (κ3) is 21.3. The molecule has 105 heavy (non-hydrogen) atoms. The van der Waals surface area contributed by atoms with E-state index in [0.29, 0.717) is 38.0 Å². The van der Waals surface area contributed by atoms with Crippen molar-refractivity contribution in [3.63, 3.8) is 0 Å². The summed E-state index contributed by atoms with van der Waals surface area (Å²) < 4.78 is 65.0. The quantitative estimate of drug-likeness (QED) is 0.116. The Morgan fingerprint density at radius 1 is 0.657 bits per heavy atom. The molecule has 3 N–H and O–H groups in total. The summed E-state index contributed by atoms with van der Waals surface area (Å²) in [5, 5.41) is 8.70. The molecule has 0 aromatic carbocycles. The highest BCUT2D eigenvalue weighted by atomic mass is 19.3. The molecule has 25 nitrogen and oxygen atoms in total. The molecular formula is C76H124F4N12O13. The molecule has 6 rings (SSSR count). The standard InChI is InChI=1S/C76H124F4N12O13/c1-18-26-54-66(96)82-63(46(7)19-2)72(102)86(13)42-61(95)88(15)55-27-24-23-25-34-91(71(55)101)58(37-47-30-28-45(6)29-31-47)70(100)85(12)41-59(93)81-53(33-32-48-35-51(77)62(65(79)80)52(78)36-48)68(98)92-40-50(105-22-5)38-56(92)67(97)83-76(43-75(8,9)44-76)74(104)90(17)64(49(20-3)21-4)73(103)89(16)57(69(99)84(10)11)39-60(94)87(54)14/h23-24,45-58,62-65H,18-22,25-44H2,1-17H3,(H,81,93)(H,82,96)(H,83,97)/b24-23-/t45?,46-,47?,48?,50+,51?,52?,53-,54-,55-,56-,57-,58-,62?,63+,64-/m0/s1. The minimum absolute atomic E-state index is 0.0295. The molecule has 2 saturated heterocycles. The van der Waals surface area contributed by atoms with Crippen LogP contribution in [0.25, 0.3) is 0 Å². The lowest BCUT2D eigenvalue weighted by atomic mass is 9.58. The molecule has 0 aromatic rings. The van der Waals surface area contributed by atoms with E-state index in [1.54, 1.807) is 19.9 Å². The fraction of sp³-hybridized carbons (Fsp3) is 0.816. The minimum Gasteiger partial charge on any atom is -0.377 e. The van der Waals surface area contributed by atoms with Gasteiger partial charge < -0.3 is 64.8 Å². The van der Waals surface area contributed by atoms with Crippen molar-refractivity contribution in [1.82, 2.24) is 60.0 Å². The van der Waals surface area contributed by atoms with E-state index in [9.17, 15) is 37.5 Å². The first-order valence-corrected chi connectivity index (χ1v) is 38.4. The van der Waals surface area contributed by atoms with Gasteiger partial charge in [-0.25, -0.2) is 17.6 Å². The minimum atomic E-state index is -3.27. The number of halogens is 4. The number of likely N-dealkylation sites (N-methyl/N-ethyl adjacent to an activating group) is 7. The Labute approximate surface area is 620 Å². The van der Waals surface area contributed by atoms with Crippen molar-refractivity contribution < 1.29 is 79.8 Å². The highest BCUT2D eigenvalue weighted by molar-refractivity contribution is 6.01. The van der Waals surface area contributed by atoms with Gasteiger partial charge in [-0.2, -0.15) is 0 Å². The Kier molecular flexibility index (Phi) is 31.7. The fourth-order valence-corrected chi connectivity index (χ4v) is 17.1. The molecule has 5 fully saturated rings. The number of alkyl halides is 4. The smallest absolute Gasteiger partial charge is 0.248 e. The normalized spacial score (nSPS) is 31.8. The number of amides is 12. The van der Waals surface area contributed by atoms with Crippen LogP contribution in [0.15, 0.2) is 12.2 Å². The summed E-state index contributed by atoms with van der Waals surface area (Å²) in [4.78, 5) is 193.